The summed E-state index contributed by atoms with van der Waals surface area (Å²) in [5, 5.41) is 7.01. The van der Waals surface area contributed by atoms with Crippen molar-refractivity contribution in [1.29, 1.82) is 0 Å². The third-order valence-corrected chi connectivity index (χ3v) is 14.6. The molecule has 0 saturated heterocycles. The van der Waals surface area contributed by atoms with Crippen LogP contribution < -0.4 is 5.19 Å². The number of hydrogen-bond donors (Lipinski definition) is 0. The molecule has 0 spiro atoms. The Balaban J connectivity index is 0.000000192. The molecule has 0 aliphatic heterocycles. The first-order chi connectivity index (χ1) is 31.9. The molecule has 67 heavy (non-hydrogen) atoms. The third kappa shape index (κ3) is 9.02. The zero-order valence-corrected chi connectivity index (χ0v) is 42.7. The van der Waals surface area contributed by atoms with Gasteiger partial charge in [-0.1, -0.05) is 134 Å². The number of rotatable bonds is 8. The van der Waals surface area contributed by atoms with Crippen molar-refractivity contribution in [1.82, 2.24) is 24.5 Å². The van der Waals surface area contributed by atoms with Gasteiger partial charge in [0.1, 0.15) is 0 Å². The average Bonchev–Trinajstić information content (AvgIpc) is 3.87. The largest absolute Gasteiger partial charge is 0.486 e. The second-order valence-corrected chi connectivity index (χ2v) is 24.1. The normalized spacial score (nSPS) is 11.7. The zero-order chi connectivity index (χ0) is 45.7. The Morgan fingerprint density at radius 2 is 1.40 bits per heavy atom. The Kier molecular flexibility index (Phi) is 12.7. The van der Waals surface area contributed by atoms with E-state index in [9.17, 15) is 0 Å². The van der Waals surface area contributed by atoms with Crippen molar-refractivity contribution in [3.05, 3.63) is 186 Å². The number of nitrogens with zero attached hydrogens (tertiary/aromatic N) is 5. The number of imidazole rings is 1. The molecule has 0 N–H and O–H groups in total. The standard InChI is InChI=1S/C37H27N4O.C22H26NSi.Ir/c1-22-9-7-10-23(2)33(22)31-18-17-27-26-13-8-14-29(35(26)42-37(27)40-31)36-39-32-20-19-30-28(16-15-24(3)38-30)34(32)41(36)21-25-11-5-4-6-12-25;1-16(2)12-20-14-21(23-15-22(20)24(3,4)5)19-11-10-17-8-6-7-9-18(17)13-19;/h4-13,15-20H,21H2,1-3H3;6-10,13-16H,12H2,1-5H3;/q2*-1;. The monoisotopic (exact) mass is 1070 g/mol. The predicted octanol–water partition coefficient (Wildman–Crippen LogP) is 14.4. The van der Waals surface area contributed by atoms with Crippen molar-refractivity contribution in [2.45, 2.75) is 67.2 Å². The number of furan rings is 1. The molecule has 1 radical (unpaired) electrons. The van der Waals surface area contributed by atoms with Gasteiger partial charge in [-0.25, -0.2) is 4.98 Å². The Hall–Kier alpha value is -6.57. The van der Waals surface area contributed by atoms with Gasteiger partial charge in [-0.2, -0.15) is 0 Å². The third-order valence-electron chi connectivity index (χ3n) is 12.5. The summed E-state index contributed by atoms with van der Waals surface area (Å²) < 4.78 is 8.85. The summed E-state index contributed by atoms with van der Waals surface area (Å²) in [7, 11) is -1.38. The quantitative estimate of drug-likeness (QED) is 0.112. The number of hydrogen-bond acceptors (Lipinski definition) is 5. The molecule has 6 aromatic carbocycles. The van der Waals surface area contributed by atoms with Crippen molar-refractivity contribution < 1.29 is 24.5 Å². The fourth-order valence-electron chi connectivity index (χ4n) is 9.39. The Morgan fingerprint density at radius 1 is 0.672 bits per heavy atom. The molecule has 0 unspecified atom stereocenters. The molecule has 0 amide bonds. The minimum absolute atomic E-state index is 0. The van der Waals surface area contributed by atoms with E-state index in [2.05, 4.69) is 198 Å². The first-order valence-corrected chi connectivity index (χ1v) is 26.4. The number of benzene rings is 6. The Labute approximate surface area is 407 Å². The number of pyridine rings is 3. The second-order valence-electron chi connectivity index (χ2n) is 19.0. The maximum Gasteiger partial charge on any atom is 0.216 e. The van der Waals surface area contributed by atoms with Gasteiger partial charge in [-0.15, -0.1) is 47.3 Å². The average molecular weight is 1070 g/mol. The van der Waals surface area contributed by atoms with Gasteiger partial charge in [-0.3, -0.25) is 9.97 Å². The molecule has 0 bridgehead atoms. The molecule has 11 aromatic rings. The van der Waals surface area contributed by atoms with Crippen molar-refractivity contribution in [3.63, 3.8) is 0 Å². The predicted molar refractivity (Wildman–Crippen MR) is 277 cm³/mol. The summed E-state index contributed by atoms with van der Waals surface area (Å²) in [6, 6.07) is 55.2. The molecule has 0 saturated carbocycles. The fourth-order valence-corrected chi connectivity index (χ4v) is 11.0. The molecule has 5 aromatic heterocycles. The van der Waals surface area contributed by atoms with Crippen LogP contribution in [0.3, 0.4) is 0 Å². The van der Waals surface area contributed by atoms with E-state index >= 15 is 0 Å². The van der Waals surface area contributed by atoms with Crippen LogP contribution >= 0.6 is 0 Å². The Bertz CT molecular complexity index is 3590. The van der Waals surface area contributed by atoms with Crippen LogP contribution in [-0.4, -0.2) is 32.6 Å². The number of aryl methyl sites for hydroxylation is 3. The molecule has 0 aliphatic carbocycles. The number of aromatic nitrogens is 5. The summed E-state index contributed by atoms with van der Waals surface area (Å²) in [4.78, 5) is 19.8. The van der Waals surface area contributed by atoms with E-state index in [1.165, 1.54) is 38.2 Å². The molecule has 0 aliphatic rings. The van der Waals surface area contributed by atoms with Gasteiger partial charge < -0.3 is 14.0 Å². The van der Waals surface area contributed by atoms with Crippen molar-refractivity contribution in [2.75, 3.05) is 0 Å². The first-order valence-electron chi connectivity index (χ1n) is 22.9. The van der Waals surface area contributed by atoms with Crippen LogP contribution in [0.4, 0.5) is 0 Å². The van der Waals surface area contributed by atoms with E-state index in [1.807, 2.05) is 19.1 Å². The second kappa shape index (κ2) is 18.6. The fraction of sp³-hybridized carbons (Fsp3) is 0.186. The molecular weight excluding hydrogens is 1010 g/mol. The minimum Gasteiger partial charge on any atom is -0.486 e. The summed E-state index contributed by atoms with van der Waals surface area (Å²) >= 11 is 0. The van der Waals surface area contributed by atoms with Gasteiger partial charge in [0.2, 0.25) is 5.71 Å². The van der Waals surface area contributed by atoms with Crippen LogP contribution in [-0.2, 0) is 33.1 Å². The maximum absolute atomic E-state index is 6.58. The Morgan fingerprint density at radius 3 is 2.16 bits per heavy atom. The van der Waals surface area contributed by atoms with Crippen molar-refractivity contribution >= 4 is 68.0 Å². The van der Waals surface area contributed by atoms with E-state index < -0.39 is 8.07 Å². The molecular formula is C59H53IrN5OSi-2. The van der Waals surface area contributed by atoms with Crippen molar-refractivity contribution in [2.24, 2.45) is 5.92 Å². The SMILES string of the molecule is CC(C)Cc1cc(-c2[c-]cc3ccccc3c2)ncc1[Si](C)(C)C.Cc1ccc2c(ccc3nc(-c4[c-]ccc5c4oc4nc(-c6c(C)cccc6C)ccc45)n(Cc4ccccc4)c32)n1.[Ir]. The zero-order valence-electron chi connectivity index (χ0n) is 39.3. The van der Waals surface area contributed by atoms with Gasteiger partial charge in [0, 0.05) is 54.9 Å². The molecule has 0 atom stereocenters. The van der Waals surface area contributed by atoms with Crippen LogP contribution in [0, 0.1) is 38.8 Å². The van der Waals surface area contributed by atoms with Gasteiger partial charge in [0.25, 0.3) is 0 Å². The van der Waals surface area contributed by atoms with E-state index in [4.69, 9.17) is 24.4 Å². The van der Waals surface area contributed by atoms with E-state index in [-0.39, 0.29) is 20.1 Å². The first kappa shape index (κ1) is 45.6. The molecule has 0 fully saturated rings. The van der Waals surface area contributed by atoms with Crippen LogP contribution in [0.2, 0.25) is 19.6 Å². The van der Waals surface area contributed by atoms with Crippen LogP contribution in [0.5, 0.6) is 0 Å². The molecule has 5 heterocycles. The smallest absolute Gasteiger partial charge is 0.216 e. The topological polar surface area (TPSA) is 69.6 Å². The number of fused-ring (bicyclic) bond motifs is 7. The summed E-state index contributed by atoms with van der Waals surface area (Å²) in [6.45, 7) is 18.7. The maximum atomic E-state index is 6.58. The summed E-state index contributed by atoms with van der Waals surface area (Å²) in [5.74, 6) is 1.46. The van der Waals surface area contributed by atoms with Crippen molar-refractivity contribution in [3.8, 4) is 33.9 Å². The van der Waals surface area contributed by atoms with Crippen LogP contribution in [0.15, 0.2) is 150 Å². The minimum atomic E-state index is -1.38. The van der Waals surface area contributed by atoms with Gasteiger partial charge >= 0.3 is 0 Å². The molecule has 335 valence electrons. The van der Waals surface area contributed by atoms with E-state index in [1.54, 1.807) is 0 Å². The summed E-state index contributed by atoms with van der Waals surface area (Å²) in [5.41, 5.74) is 15.3. The van der Waals surface area contributed by atoms with Gasteiger partial charge in [0.15, 0.2) is 0 Å². The molecule has 6 nitrogen and oxygen atoms in total. The van der Waals surface area contributed by atoms with Gasteiger partial charge in [0.05, 0.1) is 41.7 Å². The van der Waals surface area contributed by atoms with Crippen LogP contribution in [0.1, 0.15) is 41.8 Å². The van der Waals surface area contributed by atoms with E-state index in [0.717, 1.165) is 84.3 Å². The van der Waals surface area contributed by atoms with E-state index in [0.29, 0.717) is 18.2 Å². The molecule has 11 rings (SSSR count). The van der Waals surface area contributed by atoms with Gasteiger partial charge in [-0.05, 0) is 97.1 Å². The summed E-state index contributed by atoms with van der Waals surface area (Å²) in [6.07, 6.45) is 3.24. The molecule has 8 heteroatoms. The van der Waals surface area contributed by atoms with Crippen LogP contribution in [0.25, 0.3) is 88.7 Å².